The molecule has 6 nitrogen and oxygen atoms in total. The third-order valence-electron chi connectivity index (χ3n) is 6.53. The number of benzene rings is 2. The number of aryl methyl sites for hydroxylation is 1. The average Bonchev–Trinajstić information content (AvgIpc) is 2.85. The van der Waals surface area contributed by atoms with Crippen LogP contribution >= 0.6 is 0 Å². The minimum absolute atomic E-state index is 0.0868. The van der Waals surface area contributed by atoms with E-state index >= 15 is 0 Å². The number of piperidine rings is 1. The Labute approximate surface area is 216 Å². The van der Waals surface area contributed by atoms with Crippen LogP contribution < -0.4 is 0 Å². The van der Waals surface area contributed by atoms with Crippen molar-refractivity contribution >= 4 is 12.2 Å². The van der Waals surface area contributed by atoms with Gasteiger partial charge in [-0.15, -0.1) is 0 Å². The number of ether oxygens (including phenoxy) is 2. The van der Waals surface area contributed by atoms with Crippen LogP contribution in [0.15, 0.2) is 54.6 Å². The molecule has 0 spiro atoms. The van der Waals surface area contributed by atoms with Gasteiger partial charge >= 0.3 is 18.4 Å². The highest BCUT2D eigenvalue weighted by Crippen LogP contribution is 2.34. The van der Waals surface area contributed by atoms with Gasteiger partial charge in [0.15, 0.2) is 0 Å². The average molecular weight is 521 g/mol. The van der Waals surface area contributed by atoms with Crippen molar-refractivity contribution < 1.29 is 32.2 Å². The molecule has 0 aromatic heterocycles. The molecule has 37 heavy (non-hydrogen) atoms. The molecule has 2 amide bonds. The van der Waals surface area contributed by atoms with Crippen LogP contribution in [0.4, 0.5) is 22.8 Å². The lowest BCUT2D eigenvalue weighted by molar-refractivity contribution is -0.137. The van der Waals surface area contributed by atoms with Crippen LogP contribution in [0.5, 0.6) is 0 Å². The summed E-state index contributed by atoms with van der Waals surface area (Å²) in [4.78, 5) is 29.1. The number of likely N-dealkylation sites (N-methyl/N-ethyl adjacent to an activating group) is 1. The van der Waals surface area contributed by atoms with Crippen molar-refractivity contribution in [1.82, 2.24) is 9.80 Å². The summed E-state index contributed by atoms with van der Waals surface area (Å²) in [6, 6.07) is 14.5. The number of carbonyl (C=O) groups excluding carboxylic acids is 2. The Morgan fingerprint density at radius 3 is 2.35 bits per heavy atom. The first-order valence-corrected chi connectivity index (χ1v) is 12.4. The Bertz CT molecular complexity index is 1070. The second kappa shape index (κ2) is 11.4. The Morgan fingerprint density at radius 1 is 1.03 bits per heavy atom. The lowest BCUT2D eigenvalue weighted by atomic mass is 9.82. The molecule has 3 rings (SSSR count). The summed E-state index contributed by atoms with van der Waals surface area (Å²) in [5.74, 6) is 0. The number of nitrogens with zero attached hydrogens (tertiary/aromatic N) is 2. The molecule has 1 heterocycles. The van der Waals surface area contributed by atoms with Crippen molar-refractivity contribution in [1.29, 1.82) is 0 Å². The van der Waals surface area contributed by atoms with Gasteiger partial charge in [0.25, 0.3) is 0 Å². The molecule has 2 aromatic rings. The van der Waals surface area contributed by atoms with Gasteiger partial charge in [-0.05, 0) is 63.6 Å². The van der Waals surface area contributed by atoms with E-state index < -0.39 is 35.1 Å². The van der Waals surface area contributed by atoms with Gasteiger partial charge in [0.2, 0.25) is 0 Å². The zero-order chi connectivity index (χ0) is 27.3. The van der Waals surface area contributed by atoms with Gasteiger partial charge in [0, 0.05) is 20.1 Å². The number of amides is 2. The fourth-order valence-electron chi connectivity index (χ4n) is 4.53. The Hall–Kier alpha value is -3.23. The predicted molar refractivity (Wildman–Crippen MR) is 134 cm³/mol. The van der Waals surface area contributed by atoms with E-state index in [1.165, 1.54) is 11.0 Å². The first-order valence-electron chi connectivity index (χ1n) is 12.4. The Kier molecular flexibility index (Phi) is 8.76. The molecule has 1 atom stereocenters. The number of hydrogen-bond donors (Lipinski definition) is 0. The summed E-state index contributed by atoms with van der Waals surface area (Å²) >= 11 is 0. The molecule has 1 fully saturated rings. The molecule has 0 aliphatic carbocycles. The molecule has 0 N–H and O–H groups in total. The first-order chi connectivity index (χ1) is 17.3. The summed E-state index contributed by atoms with van der Waals surface area (Å²) in [5.41, 5.74) is -0.892. The standard InChI is InChI=1S/C28H35F3N2O4/c1-26(2,3)37-25(35)33-17-9-15-27(20-33,16-14-21-12-8-13-23(18-21)28(29,30)31)32(4)24(34)36-19-22-10-6-5-7-11-22/h5-8,10-13,18H,9,14-17,19-20H2,1-4H3. The van der Waals surface area contributed by atoms with Crippen LogP contribution in [0.25, 0.3) is 0 Å². The van der Waals surface area contributed by atoms with E-state index in [2.05, 4.69) is 0 Å². The van der Waals surface area contributed by atoms with Gasteiger partial charge in [-0.25, -0.2) is 9.59 Å². The quantitative estimate of drug-likeness (QED) is 0.427. The van der Waals surface area contributed by atoms with Crippen LogP contribution in [-0.4, -0.2) is 53.3 Å². The number of likely N-dealkylation sites (tertiary alicyclic amines) is 1. The van der Waals surface area contributed by atoms with Crippen LogP contribution in [0, 0.1) is 0 Å². The Balaban J connectivity index is 1.82. The lowest BCUT2D eigenvalue weighted by Crippen LogP contribution is -2.60. The van der Waals surface area contributed by atoms with E-state index in [1.807, 2.05) is 30.3 Å². The molecule has 202 valence electrons. The summed E-state index contributed by atoms with van der Waals surface area (Å²) < 4.78 is 50.9. The fraction of sp³-hybridized carbons (Fsp3) is 0.500. The molecule has 9 heteroatoms. The molecular weight excluding hydrogens is 485 g/mol. The second-order valence-corrected chi connectivity index (χ2v) is 10.5. The first kappa shape index (κ1) is 28.3. The van der Waals surface area contributed by atoms with E-state index in [0.29, 0.717) is 37.8 Å². The third kappa shape index (κ3) is 7.87. The zero-order valence-electron chi connectivity index (χ0n) is 21.8. The van der Waals surface area contributed by atoms with Crippen molar-refractivity contribution in [2.24, 2.45) is 0 Å². The van der Waals surface area contributed by atoms with Crippen LogP contribution in [0.3, 0.4) is 0 Å². The van der Waals surface area contributed by atoms with E-state index in [9.17, 15) is 22.8 Å². The maximum absolute atomic E-state index is 13.2. The van der Waals surface area contributed by atoms with Gasteiger partial charge in [-0.1, -0.05) is 48.5 Å². The number of halogens is 3. The van der Waals surface area contributed by atoms with Crippen molar-refractivity contribution in [3.05, 3.63) is 71.3 Å². The fourth-order valence-corrected chi connectivity index (χ4v) is 4.53. The van der Waals surface area contributed by atoms with Gasteiger partial charge < -0.3 is 19.3 Å². The Morgan fingerprint density at radius 2 is 1.70 bits per heavy atom. The van der Waals surface area contributed by atoms with Gasteiger partial charge in [0.05, 0.1) is 11.1 Å². The highest BCUT2D eigenvalue weighted by atomic mass is 19.4. The third-order valence-corrected chi connectivity index (χ3v) is 6.53. The van der Waals surface area contributed by atoms with Crippen molar-refractivity contribution in [2.45, 2.75) is 70.4 Å². The van der Waals surface area contributed by atoms with Gasteiger partial charge in [0.1, 0.15) is 12.2 Å². The summed E-state index contributed by atoms with van der Waals surface area (Å²) in [6.07, 6.45) is -3.65. The molecule has 0 saturated carbocycles. The predicted octanol–water partition coefficient (Wildman–Crippen LogP) is 6.68. The molecule has 0 radical (unpaired) electrons. The summed E-state index contributed by atoms with van der Waals surface area (Å²) in [5, 5.41) is 0. The molecule has 1 saturated heterocycles. The molecule has 1 aliphatic rings. The van der Waals surface area contributed by atoms with E-state index in [1.54, 1.807) is 38.8 Å². The molecular formula is C28H35F3N2O4. The number of rotatable bonds is 6. The number of carbonyl (C=O) groups is 2. The van der Waals surface area contributed by atoms with Gasteiger partial charge in [-0.3, -0.25) is 0 Å². The minimum atomic E-state index is -4.44. The SMILES string of the molecule is CN(C(=O)OCc1ccccc1)C1(CCc2cccc(C(F)(F)F)c2)CCCN(C(=O)OC(C)(C)C)C1. The largest absolute Gasteiger partial charge is 0.445 e. The monoisotopic (exact) mass is 520 g/mol. The van der Waals surface area contributed by atoms with Crippen molar-refractivity contribution in [2.75, 3.05) is 20.1 Å². The highest BCUT2D eigenvalue weighted by molar-refractivity contribution is 5.70. The van der Waals surface area contributed by atoms with Gasteiger partial charge in [-0.2, -0.15) is 13.2 Å². The van der Waals surface area contributed by atoms with Crippen LogP contribution in [0.2, 0.25) is 0 Å². The zero-order valence-corrected chi connectivity index (χ0v) is 21.8. The number of hydrogen-bond acceptors (Lipinski definition) is 4. The van der Waals surface area contributed by atoms with Crippen LogP contribution in [0.1, 0.15) is 56.7 Å². The minimum Gasteiger partial charge on any atom is -0.445 e. The second-order valence-electron chi connectivity index (χ2n) is 10.5. The number of alkyl halides is 3. The molecule has 1 unspecified atom stereocenters. The van der Waals surface area contributed by atoms with E-state index in [0.717, 1.165) is 17.7 Å². The van der Waals surface area contributed by atoms with Crippen LogP contribution in [-0.2, 0) is 28.7 Å². The maximum atomic E-state index is 13.2. The van der Waals surface area contributed by atoms with E-state index in [-0.39, 0.29) is 13.2 Å². The molecule has 2 aromatic carbocycles. The van der Waals surface area contributed by atoms with E-state index in [4.69, 9.17) is 9.47 Å². The van der Waals surface area contributed by atoms with Crippen molar-refractivity contribution in [3.8, 4) is 0 Å². The van der Waals surface area contributed by atoms with Crippen molar-refractivity contribution in [3.63, 3.8) is 0 Å². The highest BCUT2D eigenvalue weighted by Gasteiger charge is 2.44. The summed E-state index contributed by atoms with van der Waals surface area (Å²) in [6.45, 7) is 6.09. The summed E-state index contributed by atoms with van der Waals surface area (Å²) in [7, 11) is 1.62. The topological polar surface area (TPSA) is 59.1 Å². The molecule has 1 aliphatic heterocycles. The normalized spacial score (nSPS) is 18.3. The smallest absolute Gasteiger partial charge is 0.416 e. The maximum Gasteiger partial charge on any atom is 0.416 e. The lowest BCUT2D eigenvalue weighted by Gasteiger charge is -2.47. The molecule has 0 bridgehead atoms.